The summed E-state index contributed by atoms with van der Waals surface area (Å²) in [5.74, 6) is -0.192. The smallest absolute Gasteiger partial charge is 0.323 e. The Morgan fingerprint density at radius 3 is 2.71 bits per heavy atom. The highest BCUT2D eigenvalue weighted by Crippen LogP contribution is 2.22. The van der Waals surface area contributed by atoms with Crippen molar-refractivity contribution < 1.29 is 14.6 Å². The van der Waals surface area contributed by atoms with Gasteiger partial charge in [0, 0.05) is 13.1 Å². The summed E-state index contributed by atoms with van der Waals surface area (Å²) in [6.45, 7) is 5.14. The van der Waals surface area contributed by atoms with Crippen molar-refractivity contribution in [1.82, 2.24) is 4.90 Å². The molecule has 0 spiro atoms. The van der Waals surface area contributed by atoms with E-state index in [-0.39, 0.29) is 12.0 Å². The quantitative estimate of drug-likeness (QED) is 0.669. The fourth-order valence-corrected chi connectivity index (χ4v) is 1.58. The summed E-state index contributed by atoms with van der Waals surface area (Å²) < 4.78 is 4.67. The molecular formula is C10H19NO3. The molecule has 0 bridgehead atoms. The first kappa shape index (κ1) is 11.5. The largest absolute Gasteiger partial charge is 0.468 e. The van der Waals surface area contributed by atoms with E-state index in [1.807, 2.05) is 11.8 Å². The van der Waals surface area contributed by atoms with Crippen LogP contribution in [0.15, 0.2) is 0 Å². The maximum Gasteiger partial charge on any atom is 0.323 e. The van der Waals surface area contributed by atoms with E-state index in [9.17, 15) is 9.90 Å². The first-order valence-corrected chi connectivity index (χ1v) is 5.04. The number of aliphatic hydroxyl groups is 1. The molecule has 1 aliphatic rings. The average Bonchev–Trinajstić information content (AvgIpc) is 2.12. The maximum absolute atomic E-state index is 11.2. The molecule has 1 rings (SSSR count). The van der Waals surface area contributed by atoms with Crippen molar-refractivity contribution in [2.75, 3.05) is 20.2 Å². The van der Waals surface area contributed by atoms with Crippen LogP contribution >= 0.6 is 0 Å². The zero-order valence-corrected chi connectivity index (χ0v) is 9.12. The van der Waals surface area contributed by atoms with Gasteiger partial charge < -0.3 is 9.84 Å². The number of carbonyl (C=O) groups is 1. The van der Waals surface area contributed by atoms with Crippen LogP contribution in [0.2, 0.25) is 0 Å². The topological polar surface area (TPSA) is 49.8 Å². The number of nitrogens with zero attached hydrogens (tertiary/aromatic N) is 1. The van der Waals surface area contributed by atoms with Gasteiger partial charge in [-0.15, -0.1) is 0 Å². The summed E-state index contributed by atoms with van der Waals surface area (Å²) in [7, 11) is 1.40. The average molecular weight is 201 g/mol. The van der Waals surface area contributed by atoms with Crippen molar-refractivity contribution in [3.63, 3.8) is 0 Å². The van der Waals surface area contributed by atoms with Gasteiger partial charge in [-0.25, -0.2) is 0 Å². The summed E-state index contributed by atoms with van der Waals surface area (Å²) in [4.78, 5) is 13.2. The number of methoxy groups -OCH3 is 1. The number of ether oxygens (including phenoxy) is 1. The van der Waals surface area contributed by atoms with Gasteiger partial charge in [-0.05, 0) is 19.8 Å². The fraction of sp³-hybridized carbons (Fsp3) is 0.900. The second-order valence-corrected chi connectivity index (χ2v) is 4.15. The Morgan fingerprint density at radius 2 is 2.36 bits per heavy atom. The SMILES string of the molecule is CCC(C)(O)CN1CCC1C(=O)OC. The highest BCUT2D eigenvalue weighted by atomic mass is 16.5. The third kappa shape index (κ3) is 2.45. The zero-order chi connectivity index (χ0) is 10.8. The van der Waals surface area contributed by atoms with E-state index >= 15 is 0 Å². The van der Waals surface area contributed by atoms with Crippen LogP contribution in [0.25, 0.3) is 0 Å². The first-order chi connectivity index (χ1) is 6.50. The number of β-amino-alcohol motifs (C(OH)–C–C–N with tert-alkyl or cyclic N) is 1. The second-order valence-electron chi connectivity index (χ2n) is 4.15. The van der Waals surface area contributed by atoms with Crippen molar-refractivity contribution in [1.29, 1.82) is 0 Å². The van der Waals surface area contributed by atoms with Gasteiger partial charge in [-0.1, -0.05) is 6.92 Å². The highest BCUT2D eigenvalue weighted by molar-refractivity contribution is 5.76. The summed E-state index contributed by atoms with van der Waals surface area (Å²) in [6.07, 6.45) is 1.53. The Bertz CT molecular complexity index is 215. The van der Waals surface area contributed by atoms with Gasteiger partial charge in [0.2, 0.25) is 0 Å². The molecule has 1 heterocycles. The lowest BCUT2D eigenvalue weighted by Gasteiger charge is -2.42. The minimum atomic E-state index is -0.702. The highest BCUT2D eigenvalue weighted by Gasteiger charge is 2.38. The van der Waals surface area contributed by atoms with Crippen LogP contribution in [0.4, 0.5) is 0 Å². The van der Waals surface area contributed by atoms with E-state index in [0.717, 1.165) is 13.0 Å². The van der Waals surface area contributed by atoms with Crippen LogP contribution in [0.3, 0.4) is 0 Å². The predicted octanol–water partition coefficient (Wildman–Crippen LogP) is 0.395. The fourth-order valence-electron chi connectivity index (χ4n) is 1.58. The molecule has 0 aromatic carbocycles. The van der Waals surface area contributed by atoms with Crippen LogP contribution in [-0.4, -0.2) is 47.8 Å². The first-order valence-electron chi connectivity index (χ1n) is 5.04. The molecule has 1 N–H and O–H groups in total. The third-order valence-corrected chi connectivity index (χ3v) is 2.91. The van der Waals surface area contributed by atoms with Crippen molar-refractivity contribution in [3.8, 4) is 0 Å². The molecule has 2 unspecified atom stereocenters. The minimum Gasteiger partial charge on any atom is -0.468 e. The Balaban J connectivity index is 2.44. The van der Waals surface area contributed by atoms with E-state index in [2.05, 4.69) is 4.74 Å². The summed E-state index contributed by atoms with van der Waals surface area (Å²) in [5, 5.41) is 9.84. The molecule has 2 atom stereocenters. The molecule has 1 fully saturated rings. The van der Waals surface area contributed by atoms with Crippen LogP contribution < -0.4 is 0 Å². The van der Waals surface area contributed by atoms with Gasteiger partial charge in [0.15, 0.2) is 0 Å². The molecular weight excluding hydrogens is 182 g/mol. The van der Waals surface area contributed by atoms with Crippen molar-refractivity contribution >= 4 is 5.97 Å². The van der Waals surface area contributed by atoms with Crippen LogP contribution in [0, 0.1) is 0 Å². The second kappa shape index (κ2) is 4.28. The molecule has 0 aromatic rings. The Labute approximate surface area is 84.8 Å². The molecule has 0 saturated carbocycles. The van der Waals surface area contributed by atoms with E-state index < -0.39 is 5.60 Å². The minimum absolute atomic E-state index is 0.141. The predicted molar refractivity (Wildman–Crippen MR) is 52.9 cm³/mol. The van der Waals surface area contributed by atoms with E-state index in [1.165, 1.54) is 7.11 Å². The van der Waals surface area contributed by atoms with Gasteiger partial charge in [0.05, 0.1) is 12.7 Å². The van der Waals surface area contributed by atoms with Crippen molar-refractivity contribution in [2.24, 2.45) is 0 Å². The van der Waals surface area contributed by atoms with Gasteiger partial charge in [0.1, 0.15) is 6.04 Å². The summed E-state index contributed by atoms with van der Waals surface area (Å²) >= 11 is 0. The Hall–Kier alpha value is -0.610. The molecule has 0 radical (unpaired) electrons. The standard InChI is InChI=1S/C10H19NO3/c1-4-10(2,13)7-11-6-5-8(11)9(12)14-3/h8,13H,4-7H2,1-3H3. The number of rotatable bonds is 4. The molecule has 82 valence electrons. The molecule has 1 aliphatic heterocycles. The van der Waals surface area contributed by atoms with E-state index in [1.54, 1.807) is 6.92 Å². The summed E-state index contributed by atoms with van der Waals surface area (Å²) in [5.41, 5.74) is -0.702. The lowest BCUT2D eigenvalue weighted by Crippen LogP contribution is -2.57. The van der Waals surface area contributed by atoms with Gasteiger partial charge in [0.25, 0.3) is 0 Å². The van der Waals surface area contributed by atoms with Gasteiger partial charge >= 0.3 is 5.97 Å². The number of likely N-dealkylation sites (tertiary alicyclic amines) is 1. The molecule has 0 aromatic heterocycles. The lowest BCUT2D eigenvalue weighted by molar-refractivity contribution is -0.154. The number of hydrogen-bond donors (Lipinski definition) is 1. The van der Waals surface area contributed by atoms with Gasteiger partial charge in [-0.3, -0.25) is 9.69 Å². The Kier molecular flexibility index (Phi) is 3.50. The number of carbonyl (C=O) groups excluding carboxylic acids is 1. The molecule has 4 heteroatoms. The molecule has 0 aliphatic carbocycles. The van der Waals surface area contributed by atoms with Crippen LogP contribution in [-0.2, 0) is 9.53 Å². The van der Waals surface area contributed by atoms with Crippen LogP contribution in [0.1, 0.15) is 26.7 Å². The van der Waals surface area contributed by atoms with E-state index in [0.29, 0.717) is 13.0 Å². The molecule has 14 heavy (non-hydrogen) atoms. The van der Waals surface area contributed by atoms with Gasteiger partial charge in [-0.2, -0.15) is 0 Å². The lowest BCUT2D eigenvalue weighted by atomic mass is 9.96. The normalized spacial score (nSPS) is 26.4. The third-order valence-electron chi connectivity index (χ3n) is 2.91. The summed E-state index contributed by atoms with van der Waals surface area (Å²) in [6, 6.07) is -0.141. The monoisotopic (exact) mass is 201 g/mol. The van der Waals surface area contributed by atoms with Crippen molar-refractivity contribution in [3.05, 3.63) is 0 Å². The number of hydrogen-bond acceptors (Lipinski definition) is 4. The number of esters is 1. The van der Waals surface area contributed by atoms with Crippen molar-refractivity contribution in [2.45, 2.75) is 38.3 Å². The zero-order valence-electron chi connectivity index (χ0n) is 9.12. The van der Waals surface area contributed by atoms with Crippen LogP contribution in [0.5, 0.6) is 0 Å². The maximum atomic E-state index is 11.2. The molecule has 0 amide bonds. The van der Waals surface area contributed by atoms with E-state index in [4.69, 9.17) is 0 Å². The Morgan fingerprint density at radius 1 is 1.71 bits per heavy atom. The molecule has 1 saturated heterocycles. The molecule has 4 nitrogen and oxygen atoms in total.